The predicted octanol–water partition coefficient (Wildman–Crippen LogP) is 4.25. The summed E-state index contributed by atoms with van der Waals surface area (Å²) in [5.41, 5.74) is 1.83. The van der Waals surface area contributed by atoms with E-state index in [2.05, 4.69) is 4.98 Å². The molecule has 3 aromatic rings. The van der Waals surface area contributed by atoms with Gasteiger partial charge in [-0.1, -0.05) is 29.8 Å². The van der Waals surface area contributed by atoms with E-state index in [0.717, 1.165) is 16.3 Å². The number of hydrogen-bond acceptors (Lipinski definition) is 2. The number of carboxylic acid groups (broad SMARTS) is 1. The van der Waals surface area contributed by atoms with Crippen LogP contribution in [0.3, 0.4) is 0 Å². The highest BCUT2D eigenvalue weighted by molar-refractivity contribution is 6.34. The molecule has 2 aromatic carbocycles. The largest absolute Gasteiger partial charge is 0.478 e. The lowest BCUT2D eigenvalue weighted by Gasteiger charge is -2.09. The van der Waals surface area contributed by atoms with Crippen LogP contribution in [0.5, 0.6) is 0 Å². The maximum atomic E-state index is 11.1. The molecular weight excluding hydrogens is 274 g/mol. The van der Waals surface area contributed by atoms with E-state index in [0.29, 0.717) is 10.6 Å². The highest BCUT2D eigenvalue weighted by Crippen LogP contribution is 2.33. The van der Waals surface area contributed by atoms with Gasteiger partial charge in [0, 0.05) is 28.4 Å². The first-order chi connectivity index (χ1) is 9.66. The van der Waals surface area contributed by atoms with Crippen LogP contribution in [-0.2, 0) is 0 Å². The van der Waals surface area contributed by atoms with Gasteiger partial charge in [0.15, 0.2) is 0 Å². The lowest BCUT2D eigenvalue weighted by atomic mass is 9.98. The number of rotatable bonds is 2. The fourth-order valence-electron chi connectivity index (χ4n) is 2.22. The summed E-state index contributed by atoms with van der Waals surface area (Å²) >= 11 is 6.23. The summed E-state index contributed by atoms with van der Waals surface area (Å²) in [5.74, 6) is -0.968. The van der Waals surface area contributed by atoms with Crippen LogP contribution in [0.25, 0.3) is 21.9 Å². The molecule has 0 aliphatic heterocycles. The van der Waals surface area contributed by atoms with Crippen molar-refractivity contribution in [1.29, 1.82) is 0 Å². The van der Waals surface area contributed by atoms with Crippen molar-refractivity contribution in [3.8, 4) is 11.1 Å². The van der Waals surface area contributed by atoms with Gasteiger partial charge in [-0.2, -0.15) is 0 Å². The van der Waals surface area contributed by atoms with Crippen LogP contribution in [-0.4, -0.2) is 16.1 Å². The van der Waals surface area contributed by atoms with Crippen molar-refractivity contribution in [2.45, 2.75) is 0 Å². The molecule has 1 aromatic heterocycles. The first kappa shape index (κ1) is 12.6. The average Bonchev–Trinajstić information content (AvgIpc) is 2.47. The number of carboxylic acids is 1. The number of hydrogen-bond donors (Lipinski definition) is 1. The smallest absolute Gasteiger partial charge is 0.335 e. The summed E-state index contributed by atoms with van der Waals surface area (Å²) in [6.07, 6.45) is 3.48. The van der Waals surface area contributed by atoms with Gasteiger partial charge in [-0.15, -0.1) is 0 Å². The van der Waals surface area contributed by atoms with Gasteiger partial charge >= 0.3 is 5.97 Å². The summed E-state index contributed by atoms with van der Waals surface area (Å²) < 4.78 is 0. The van der Waals surface area contributed by atoms with Crippen molar-refractivity contribution in [3.05, 3.63) is 65.4 Å². The molecule has 1 heterocycles. The second kappa shape index (κ2) is 4.94. The minimum atomic E-state index is -0.968. The fraction of sp³-hybridized carbons (Fsp3) is 0. The van der Waals surface area contributed by atoms with Crippen molar-refractivity contribution in [1.82, 2.24) is 4.98 Å². The number of aromatic nitrogens is 1. The zero-order valence-electron chi connectivity index (χ0n) is 10.4. The Hall–Kier alpha value is -2.39. The summed E-state index contributed by atoms with van der Waals surface area (Å²) in [4.78, 5) is 15.2. The standard InChI is InChI=1S/C16H10ClNO2/c17-15-5-4-10(16(19)20)8-14(15)13-3-1-2-11-9-18-7-6-12(11)13/h1-9H,(H,19,20). The third kappa shape index (κ3) is 2.12. The van der Waals surface area contributed by atoms with Crippen LogP contribution < -0.4 is 0 Å². The van der Waals surface area contributed by atoms with Gasteiger partial charge in [0.25, 0.3) is 0 Å². The van der Waals surface area contributed by atoms with Gasteiger partial charge in [-0.25, -0.2) is 4.79 Å². The van der Waals surface area contributed by atoms with E-state index in [1.165, 1.54) is 6.07 Å². The van der Waals surface area contributed by atoms with E-state index < -0.39 is 5.97 Å². The zero-order valence-corrected chi connectivity index (χ0v) is 11.1. The van der Waals surface area contributed by atoms with Gasteiger partial charge < -0.3 is 5.11 Å². The highest BCUT2D eigenvalue weighted by atomic mass is 35.5. The quantitative estimate of drug-likeness (QED) is 0.765. The number of pyridine rings is 1. The van der Waals surface area contributed by atoms with Crippen LogP contribution in [0.2, 0.25) is 5.02 Å². The molecule has 20 heavy (non-hydrogen) atoms. The van der Waals surface area contributed by atoms with E-state index in [1.807, 2.05) is 24.3 Å². The molecular formula is C16H10ClNO2. The van der Waals surface area contributed by atoms with Gasteiger partial charge in [0.05, 0.1) is 5.56 Å². The Morgan fingerprint density at radius 2 is 1.95 bits per heavy atom. The Morgan fingerprint density at radius 3 is 2.75 bits per heavy atom. The molecule has 0 radical (unpaired) electrons. The molecule has 0 aliphatic rings. The van der Waals surface area contributed by atoms with Crippen LogP contribution in [0.4, 0.5) is 0 Å². The molecule has 0 unspecified atom stereocenters. The van der Waals surface area contributed by atoms with Crippen LogP contribution in [0, 0.1) is 0 Å². The van der Waals surface area contributed by atoms with E-state index >= 15 is 0 Å². The second-order valence-corrected chi connectivity index (χ2v) is 4.81. The van der Waals surface area contributed by atoms with Gasteiger partial charge in [-0.3, -0.25) is 4.98 Å². The summed E-state index contributed by atoms with van der Waals surface area (Å²) in [6, 6.07) is 12.4. The Bertz CT molecular complexity index is 809. The summed E-state index contributed by atoms with van der Waals surface area (Å²) in [6.45, 7) is 0. The maximum absolute atomic E-state index is 11.1. The molecule has 3 nitrogen and oxygen atoms in total. The number of aromatic carboxylic acids is 1. The SMILES string of the molecule is O=C(O)c1ccc(Cl)c(-c2cccc3cnccc23)c1. The Morgan fingerprint density at radius 1 is 1.10 bits per heavy atom. The van der Waals surface area contributed by atoms with Crippen molar-refractivity contribution in [2.75, 3.05) is 0 Å². The lowest BCUT2D eigenvalue weighted by Crippen LogP contribution is -1.96. The Labute approximate surface area is 120 Å². The third-order valence-corrected chi connectivity index (χ3v) is 3.51. The van der Waals surface area contributed by atoms with Crippen LogP contribution in [0.15, 0.2) is 54.9 Å². The zero-order chi connectivity index (χ0) is 14.1. The molecule has 0 amide bonds. The first-order valence-electron chi connectivity index (χ1n) is 6.03. The molecule has 0 atom stereocenters. The number of halogens is 1. The van der Waals surface area contributed by atoms with E-state index in [9.17, 15) is 4.79 Å². The van der Waals surface area contributed by atoms with Crippen molar-refractivity contribution in [3.63, 3.8) is 0 Å². The predicted molar refractivity (Wildman–Crippen MR) is 79.1 cm³/mol. The lowest BCUT2D eigenvalue weighted by molar-refractivity contribution is 0.0697. The van der Waals surface area contributed by atoms with E-state index in [-0.39, 0.29) is 5.56 Å². The fourth-order valence-corrected chi connectivity index (χ4v) is 2.44. The summed E-state index contributed by atoms with van der Waals surface area (Å²) in [7, 11) is 0. The van der Waals surface area contributed by atoms with E-state index in [4.69, 9.17) is 16.7 Å². The molecule has 0 bridgehead atoms. The third-order valence-electron chi connectivity index (χ3n) is 3.18. The first-order valence-corrected chi connectivity index (χ1v) is 6.40. The molecule has 0 fully saturated rings. The molecule has 1 N–H and O–H groups in total. The average molecular weight is 284 g/mol. The maximum Gasteiger partial charge on any atom is 0.335 e. The topological polar surface area (TPSA) is 50.2 Å². The molecule has 0 aliphatic carbocycles. The van der Waals surface area contributed by atoms with E-state index in [1.54, 1.807) is 24.5 Å². The van der Waals surface area contributed by atoms with Crippen molar-refractivity contribution < 1.29 is 9.90 Å². The Kier molecular flexibility index (Phi) is 3.12. The molecule has 3 rings (SSSR count). The van der Waals surface area contributed by atoms with Gasteiger partial charge in [0.1, 0.15) is 0 Å². The molecule has 0 saturated heterocycles. The van der Waals surface area contributed by atoms with Crippen LogP contribution >= 0.6 is 11.6 Å². The minimum absolute atomic E-state index is 0.218. The number of benzene rings is 2. The van der Waals surface area contributed by atoms with Crippen LogP contribution in [0.1, 0.15) is 10.4 Å². The normalized spacial score (nSPS) is 10.7. The van der Waals surface area contributed by atoms with Crippen molar-refractivity contribution >= 4 is 28.3 Å². The monoisotopic (exact) mass is 283 g/mol. The molecule has 0 saturated carbocycles. The second-order valence-electron chi connectivity index (χ2n) is 4.40. The highest BCUT2D eigenvalue weighted by Gasteiger charge is 2.11. The minimum Gasteiger partial charge on any atom is -0.478 e. The van der Waals surface area contributed by atoms with Gasteiger partial charge in [-0.05, 0) is 35.2 Å². The molecule has 4 heteroatoms. The Balaban J connectivity index is 2.30. The summed E-state index contributed by atoms with van der Waals surface area (Å²) in [5, 5.41) is 11.6. The van der Waals surface area contributed by atoms with Gasteiger partial charge in [0.2, 0.25) is 0 Å². The van der Waals surface area contributed by atoms with Crippen molar-refractivity contribution in [2.24, 2.45) is 0 Å². The number of fused-ring (bicyclic) bond motifs is 1. The molecule has 98 valence electrons. The number of carbonyl (C=O) groups is 1. The number of nitrogens with zero attached hydrogens (tertiary/aromatic N) is 1. The molecule has 0 spiro atoms.